The van der Waals surface area contributed by atoms with Crippen molar-refractivity contribution in [3.63, 3.8) is 0 Å². The number of amides is 3. The molecule has 2 aromatic rings. The van der Waals surface area contributed by atoms with Crippen molar-refractivity contribution in [3.05, 3.63) is 53.1 Å². The number of hydrogen-bond donors (Lipinski definition) is 2. The topological polar surface area (TPSA) is 106 Å². The lowest BCUT2D eigenvalue weighted by molar-refractivity contribution is -0.134. The summed E-state index contributed by atoms with van der Waals surface area (Å²) in [6.45, 7) is 6.27. The Morgan fingerprint density at radius 2 is 1.80 bits per heavy atom. The number of methoxy groups -OCH3 is 2. The van der Waals surface area contributed by atoms with Crippen LogP contribution in [0.5, 0.6) is 17.2 Å². The lowest BCUT2D eigenvalue weighted by Crippen LogP contribution is -2.49. The highest BCUT2D eigenvalue weighted by molar-refractivity contribution is 5.91. The first-order valence-corrected chi connectivity index (χ1v) is 11.5. The Kier molecular flexibility index (Phi) is 8.57. The number of hydrazine groups is 1. The summed E-state index contributed by atoms with van der Waals surface area (Å²) >= 11 is 0. The van der Waals surface area contributed by atoms with Crippen LogP contribution >= 0.6 is 0 Å². The summed E-state index contributed by atoms with van der Waals surface area (Å²) in [7, 11) is 3.15. The lowest BCUT2D eigenvalue weighted by atomic mass is 10.1. The van der Waals surface area contributed by atoms with Crippen LogP contribution in [0.3, 0.4) is 0 Å². The predicted octanol–water partition coefficient (Wildman–Crippen LogP) is 2.33. The molecule has 2 N–H and O–H groups in total. The summed E-state index contributed by atoms with van der Waals surface area (Å²) in [5.41, 5.74) is 7.84. The number of nitrogens with zero attached hydrogens (tertiary/aromatic N) is 1. The van der Waals surface area contributed by atoms with Crippen molar-refractivity contribution >= 4 is 17.7 Å². The molecular weight excluding hydrogens is 450 g/mol. The highest BCUT2D eigenvalue weighted by Gasteiger charge is 2.34. The van der Waals surface area contributed by atoms with Crippen molar-refractivity contribution in [1.82, 2.24) is 15.8 Å². The minimum absolute atomic E-state index is 0.0939. The highest BCUT2D eigenvalue weighted by atomic mass is 16.5. The van der Waals surface area contributed by atoms with Gasteiger partial charge in [-0.2, -0.15) is 0 Å². The van der Waals surface area contributed by atoms with E-state index in [1.165, 1.54) is 0 Å². The first-order valence-electron chi connectivity index (χ1n) is 11.5. The molecule has 1 saturated heterocycles. The molecule has 9 nitrogen and oxygen atoms in total. The highest BCUT2D eigenvalue weighted by Crippen LogP contribution is 2.28. The maximum absolute atomic E-state index is 12.6. The maximum atomic E-state index is 12.6. The molecule has 2 aromatic carbocycles. The van der Waals surface area contributed by atoms with Gasteiger partial charge < -0.3 is 19.1 Å². The molecule has 0 radical (unpaired) electrons. The molecule has 0 saturated carbocycles. The fourth-order valence-electron chi connectivity index (χ4n) is 3.89. The molecule has 1 heterocycles. The van der Waals surface area contributed by atoms with E-state index in [4.69, 9.17) is 14.2 Å². The molecule has 2 unspecified atom stereocenters. The summed E-state index contributed by atoms with van der Waals surface area (Å²) in [5, 5.41) is 0. The van der Waals surface area contributed by atoms with Crippen LogP contribution < -0.4 is 25.1 Å². The number of rotatable bonds is 9. The zero-order chi connectivity index (χ0) is 25.5. The van der Waals surface area contributed by atoms with Gasteiger partial charge >= 0.3 is 0 Å². The Morgan fingerprint density at radius 1 is 1.06 bits per heavy atom. The lowest BCUT2D eigenvalue weighted by Gasteiger charge is -2.19. The van der Waals surface area contributed by atoms with Crippen LogP contribution in [-0.2, 0) is 20.8 Å². The van der Waals surface area contributed by atoms with Gasteiger partial charge in [-0.1, -0.05) is 18.2 Å². The first-order chi connectivity index (χ1) is 16.7. The van der Waals surface area contributed by atoms with E-state index in [2.05, 4.69) is 10.9 Å². The Balaban J connectivity index is 1.47. The van der Waals surface area contributed by atoms with E-state index in [1.807, 2.05) is 44.2 Å². The van der Waals surface area contributed by atoms with Gasteiger partial charge in [0.1, 0.15) is 5.75 Å². The predicted molar refractivity (Wildman–Crippen MR) is 130 cm³/mol. The number of nitrogens with one attached hydrogen (secondary N) is 2. The second-order valence-corrected chi connectivity index (χ2v) is 8.62. The van der Waals surface area contributed by atoms with Gasteiger partial charge in [-0.15, -0.1) is 0 Å². The molecule has 0 aromatic heterocycles. The van der Waals surface area contributed by atoms with Gasteiger partial charge in [-0.05, 0) is 62.1 Å². The smallest absolute Gasteiger partial charge is 0.279 e. The molecule has 0 aliphatic carbocycles. The molecule has 1 fully saturated rings. The van der Waals surface area contributed by atoms with E-state index in [0.29, 0.717) is 36.8 Å². The average molecular weight is 484 g/mol. The van der Waals surface area contributed by atoms with Crippen molar-refractivity contribution in [3.8, 4) is 17.2 Å². The van der Waals surface area contributed by atoms with Crippen LogP contribution in [0.1, 0.15) is 30.0 Å². The van der Waals surface area contributed by atoms with Crippen molar-refractivity contribution in [1.29, 1.82) is 0 Å². The number of carbonyl (C=O) groups is 3. The third-order valence-electron chi connectivity index (χ3n) is 6.24. The fraction of sp³-hybridized carbons (Fsp3) is 0.423. The minimum atomic E-state index is -0.806. The van der Waals surface area contributed by atoms with Gasteiger partial charge in [0.2, 0.25) is 11.8 Å². The Hall–Kier alpha value is -3.75. The second-order valence-electron chi connectivity index (χ2n) is 8.62. The molecule has 2 atom stereocenters. The Labute approximate surface area is 205 Å². The second kappa shape index (κ2) is 11.6. The van der Waals surface area contributed by atoms with Crippen LogP contribution in [0.2, 0.25) is 0 Å². The van der Waals surface area contributed by atoms with Crippen molar-refractivity contribution in [2.75, 3.05) is 27.3 Å². The molecule has 0 bridgehead atoms. The van der Waals surface area contributed by atoms with Gasteiger partial charge in [0.15, 0.2) is 17.6 Å². The largest absolute Gasteiger partial charge is 0.493 e. The SMILES string of the molecule is COc1ccc(CCN2CC(C(=O)NNC(=O)C(C)Oc3cccc(C)c3C)CC2=O)cc1OC. The van der Waals surface area contributed by atoms with Gasteiger partial charge in [0, 0.05) is 19.5 Å². The van der Waals surface area contributed by atoms with Crippen LogP contribution in [-0.4, -0.2) is 56.0 Å². The molecule has 3 amide bonds. The van der Waals surface area contributed by atoms with Gasteiger partial charge in [-0.25, -0.2) is 0 Å². The Bertz CT molecular complexity index is 1090. The minimum Gasteiger partial charge on any atom is -0.493 e. The number of hydrogen-bond acceptors (Lipinski definition) is 6. The molecular formula is C26H33N3O6. The standard InChI is InChI=1S/C26H33N3O6/c1-16-7-6-8-21(17(16)2)35-18(3)25(31)27-28-26(32)20-14-24(30)29(15-20)12-11-19-9-10-22(33-4)23(13-19)34-5/h6-10,13,18,20H,11-12,14-15H2,1-5H3,(H,27,31)(H,28,32). The number of benzene rings is 2. The molecule has 1 aliphatic rings. The number of ether oxygens (including phenoxy) is 3. The van der Waals surface area contributed by atoms with Crippen LogP contribution in [0.25, 0.3) is 0 Å². The summed E-state index contributed by atoms with van der Waals surface area (Å²) in [6, 6.07) is 11.2. The molecule has 9 heteroatoms. The van der Waals surface area contributed by atoms with E-state index in [0.717, 1.165) is 16.7 Å². The summed E-state index contributed by atoms with van der Waals surface area (Å²) in [5.74, 6) is 0.369. The molecule has 35 heavy (non-hydrogen) atoms. The normalized spacial score (nSPS) is 16.0. The van der Waals surface area contributed by atoms with Crippen LogP contribution in [0.15, 0.2) is 36.4 Å². The van der Waals surface area contributed by atoms with Gasteiger partial charge in [-0.3, -0.25) is 25.2 Å². The monoisotopic (exact) mass is 483 g/mol. The van der Waals surface area contributed by atoms with E-state index < -0.39 is 23.8 Å². The zero-order valence-corrected chi connectivity index (χ0v) is 20.8. The zero-order valence-electron chi connectivity index (χ0n) is 20.8. The molecule has 0 spiro atoms. The quantitative estimate of drug-likeness (QED) is 0.531. The van der Waals surface area contributed by atoms with E-state index in [9.17, 15) is 14.4 Å². The summed E-state index contributed by atoms with van der Waals surface area (Å²) in [4.78, 5) is 39.1. The fourth-order valence-corrected chi connectivity index (χ4v) is 3.89. The maximum Gasteiger partial charge on any atom is 0.279 e. The summed E-state index contributed by atoms with van der Waals surface area (Å²) in [6.07, 6.45) is -0.0916. The van der Waals surface area contributed by atoms with E-state index >= 15 is 0 Å². The third-order valence-corrected chi connectivity index (χ3v) is 6.24. The van der Waals surface area contributed by atoms with Crippen LogP contribution in [0.4, 0.5) is 0 Å². The molecule has 1 aliphatic heterocycles. The number of aryl methyl sites for hydroxylation is 1. The van der Waals surface area contributed by atoms with Crippen molar-refractivity contribution in [2.45, 2.75) is 39.7 Å². The van der Waals surface area contributed by atoms with E-state index in [-0.39, 0.29) is 12.3 Å². The average Bonchev–Trinajstić information content (AvgIpc) is 3.23. The Morgan fingerprint density at radius 3 is 2.51 bits per heavy atom. The van der Waals surface area contributed by atoms with Gasteiger partial charge in [0.25, 0.3) is 5.91 Å². The summed E-state index contributed by atoms with van der Waals surface area (Å²) < 4.78 is 16.3. The van der Waals surface area contributed by atoms with Crippen LogP contribution in [0, 0.1) is 19.8 Å². The van der Waals surface area contributed by atoms with Gasteiger partial charge in [0.05, 0.1) is 20.1 Å². The van der Waals surface area contributed by atoms with Crippen molar-refractivity contribution < 1.29 is 28.6 Å². The number of likely N-dealkylation sites (tertiary alicyclic amines) is 1. The van der Waals surface area contributed by atoms with E-state index in [1.54, 1.807) is 32.1 Å². The number of carbonyl (C=O) groups excluding carboxylic acids is 3. The third kappa shape index (κ3) is 6.44. The molecule has 3 rings (SSSR count). The molecule has 188 valence electrons. The first kappa shape index (κ1) is 25.9. The van der Waals surface area contributed by atoms with Crippen molar-refractivity contribution in [2.24, 2.45) is 5.92 Å².